The van der Waals surface area contributed by atoms with Crippen LogP contribution in [0.1, 0.15) is 73.6 Å². The predicted molar refractivity (Wildman–Crippen MR) is 384 cm³/mol. The summed E-state index contributed by atoms with van der Waals surface area (Å²) in [5.74, 6) is 0. The van der Waals surface area contributed by atoms with Crippen LogP contribution in [0.5, 0.6) is 0 Å². The van der Waals surface area contributed by atoms with Crippen LogP contribution in [0.4, 0.5) is 34.1 Å². The van der Waals surface area contributed by atoms with Gasteiger partial charge < -0.3 is 14.4 Å². The van der Waals surface area contributed by atoms with E-state index in [0.29, 0.717) is 0 Å². The molecule has 0 amide bonds. The summed E-state index contributed by atoms with van der Waals surface area (Å²) in [4.78, 5) is 4.84. The third-order valence-corrected chi connectivity index (χ3v) is 19.1. The molecule has 90 heavy (non-hydrogen) atoms. The largest absolute Gasteiger partial charge is 0.310 e. The van der Waals surface area contributed by atoms with Crippen LogP contribution in [-0.4, -0.2) is 4.57 Å². The van der Waals surface area contributed by atoms with Crippen LogP contribution in [0, 0.1) is 13.8 Å². The van der Waals surface area contributed by atoms with E-state index in [1.807, 2.05) is 6.08 Å². The summed E-state index contributed by atoms with van der Waals surface area (Å²) in [6.07, 6.45) is 8.15. The molecule has 0 spiro atoms. The number of fused-ring (bicyclic) bond motifs is 9. The van der Waals surface area contributed by atoms with E-state index < -0.39 is 0 Å². The molecular weight excluding hydrogens is 1090 g/mol. The Morgan fingerprint density at radius 2 is 0.744 bits per heavy atom. The lowest BCUT2D eigenvalue weighted by atomic mass is 9.82. The van der Waals surface area contributed by atoms with E-state index in [0.717, 1.165) is 62.1 Å². The van der Waals surface area contributed by atoms with Gasteiger partial charge in [0, 0.05) is 72.5 Å². The van der Waals surface area contributed by atoms with Crippen molar-refractivity contribution in [2.24, 2.45) is 0 Å². The molecule has 0 radical (unpaired) electrons. The van der Waals surface area contributed by atoms with Crippen molar-refractivity contribution in [3.63, 3.8) is 0 Å². The molecule has 1 heterocycles. The van der Waals surface area contributed by atoms with Gasteiger partial charge in [-0.25, -0.2) is 0 Å². The number of rotatable bonds is 13. The number of benzene rings is 12. The number of para-hydroxylation sites is 1. The highest BCUT2D eigenvalue weighted by Gasteiger charge is 2.37. The molecule has 0 bridgehead atoms. The first kappa shape index (κ1) is 55.8. The molecule has 3 nitrogen and oxygen atoms in total. The topological polar surface area (TPSA) is 11.4 Å². The molecule has 0 N–H and O–H groups in total. The molecule has 0 saturated carbocycles. The minimum Gasteiger partial charge on any atom is -0.310 e. The minimum atomic E-state index is -0.152. The van der Waals surface area contributed by atoms with Gasteiger partial charge in [-0.15, -0.1) is 0 Å². The summed E-state index contributed by atoms with van der Waals surface area (Å²) in [7, 11) is 0. The van der Waals surface area contributed by atoms with E-state index in [1.165, 1.54) is 99.7 Å². The number of aryl methyl sites for hydroxylation is 2. The van der Waals surface area contributed by atoms with Gasteiger partial charge in [0.2, 0.25) is 0 Å². The van der Waals surface area contributed by atoms with Crippen LogP contribution in [0.2, 0.25) is 0 Å². The Bertz CT molecular complexity index is 5000. The lowest BCUT2D eigenvalue weighted by molar-refractivity contribution is 0.660. The van der Waals surface area contributed by atoms with Crippen molar-refractivity contribution in [1.29, 1.82) is 0 Å². The third kappa shape index (κ3) is 9.35. The first-order valence-corrected chi connectivity index (χ1v) is 31.5. The first-order chi connectivity index (χ1) is 43.9. The summed E-state index contributed by atoms with van der Waals surface area (Å²) in [6.45, 7) is 20.0. The lowest BCUT2D eigenvalue weighted by Crippen LogP contribution is -2.16. The molecule has 0 unspecified atom stereocenters. The van der Waals surface area contributed by atoms with Gasteiger partial charge in [0.1, 0.15) is 0 Å². The van der Waals surface area contributed by atoms with Gasteiger partial charge in [0.05, 0.1) is 11.0 Å². The fourth-order valence-electron chi connectivity index (χ4n) is 14.8. The third-order valence-electron chi connectivity index (χ3n) is 19.1. The fourth-order valence-corrected chi connectivity index (χ4v) is 14.8. The maximum Gasteiger partial charge on any atom is 0.0619 e. The smallest absolute Gasteiger partial charge is 0.0619 e. The Labute approximate surface area is 530 Å². The first-order valence-electron chi connectivity index (χ1n) is 31.5. The zero-order chi connectivity index (χ0) is 61.4. The highest BCUT2D eigenvalue weighted by atomic mass is 15.1. The number of anilines is 6. The molecule has 2 aliphatic carbocycles. The molecule has 3 heteroatoms. The Balaban J connectivity index is 0.857. The van der Waals surface area contributed by atoms with Crippen molar-refractivity contribution in [2.75, 3.05) is 9.80 Å². The van der Waals surface area contributed by atoms with Crippen LogP contribution >= 0.6 is 0 Å². The maximum absolute atomic E-state index is 4.01. The van der Waals surface area contributed by atoms with Crippen molar-refractivity contribution in [2.45, 2.75) is 59.3 Å². The van der Waals surface area contributed by atoms with Crippen molar-refractivity contribution in [3.8, 4) is 61.3 Å². The summed E-state index contributed by atoms with van der Waals surface area (Å²) in [5, 5.41) is 2.46. The maximum atomic E-state index is 4.01. The Morgan fingerprint density at radius 3 is 1.19 bits per heavy atom. The molecule has 0 fully saturated rings. The molecule has 13 aromatic rings. The van der Waals surface area contributed by atoms with Crippen molar-refractivity contribution < 1.29 is 0 Å². The van der Waals surface area contributed by atoms with E-state index in [2.05, 4.69) is 355 Å². The van der Waals surface area contributed by atoms with Crippen molar-refractivity contribution in [1.82, 2.24) is 4.57 Å². The number of aromatic nitrogens is 1. The van der Waals surface area contributed by atoms with Gasteiger partial charge in [-0.1, -0.05) is 216 Å². The molecular formula is C87H71N3. The van der Waals surface area contributed by atoms with Gasteiger partial charge in [0.25, 0.3) is 0 Å². The zero-order valence-corrected chi connectivity index (χ0v) is 52.3. The average molecular weight is 1160 g/mol. The van der Waals surface area contributed by atoms with E-state index in [-0.39, 0.29) is 10.8 Å². The highest BCUT2D eigenvalue weighted by molar-refractivity contribution is 6.18. The molecule has 434 valence electrons. The van der Waals surface area contributed by atoms with E-state index in [4.69, 9.17) is 0 Å². The van der Waals surface area contributed by atoms with Gasteiger partial charge in [0.15, 0.2) is 0 Å². The Morgan fingerprint density at radius 1 is 0.367 bits per heavy atom. The summed E-state index contributed by atoms with van der Waals surface area (Å²) < 4.78 is 2.53. The van der Waals surface area contributed by atoms with Gasteiger partial charge in [-0.05, 0) is 219 Å². The van der Waals surface area contributed by atoms with E-state index in [1.54, 1.807) is 0 Å². The Hall–Kier alpha value is -10.7. The van der Waals surface area contributed by atoms with Gasteiger partial charge >= 0.3 is 0 Å². The van der Waals surface area contributed by atoms with Crippen LogP contribution in [-0.2, 0) is 10.8 Å². The van der Waals surface area contributed by atoms with Crippen molar-refractivity contribution >= 4 is 61.5 Å². The summed E-state index contributed by atoms with van der Waals surface area (Å²) in [5.41, 5.74) is 32.2. The lowest BCUT2D eigenvalue weighted by Gasteiger charge is -2.28. The Kier molecular flexibility index (Phi) is 13.7. The molecule has 2 aliphatic rings. The van der Waals surface area contributed by atoms with E-state index in [9.17, 15) is 0 Å². The van der Waals surface area contributed by atoms with E-state index >= 15 is 0 Å². The van der Waals surface area contributed by atoms with Crippen LogP contribution in [0.3, 0.4) is 0 Å². The SMILES string of the molecule is C=C/C=C(\C=C/C)c1ccc(N(c2ccc(-c3cc(C)cc4c5cc(C)cc(-c6ccc(N(c7ccc(-c8ccccc8)cc7)c7ccc8c(c7)C(C)(C)c7ccccc7-8)cc6)c5n(-c5ccccc5)c34)cc2)c2ccc3c(c2)C(C)(C)c2ccccc2-3)cc1. The molecule has 15 rings (SSSR count). The number of hydrogen-bond acceptors (Lipinski definition) is 2. The summed E-state index contributed by atoms with van der Waals surface area (Å²) >= 11 is 0. The number of allylic oxidation sites excluding steroid dienone is 5. The van der Waals surface area contributed by atoms with Gasteiger partial charge in [-0.3, -0.25) is 0 Å². The average Bonchev–Trinajstić information content (AvgIpc) is 1.58. The van der Waals surface area contributed by atoms with Crippen molar-refractivity contribution in [3.05, 3.63) is 337 Å². The molecule has 0 saturated heterocycles. The highest BCUT2D eigenvalue weighted by Crippen LogP contribution is 2.53. The summed E-state index contributed by atoms with van der Waals surface area (Å²) in [6, 6.07) is 99.6. The minimum absolute atomic E-state index is 0.144. The normalized spacial score (nSPS) is 13.5. The van der Waals surface area contributed by atoms with Crippen LogP contribution < -0.4 is 9.80 Å². The van der Waals surface area contributed by atoms with Crippen LogP contribution in [0.15, 0.2) is 298 Å². The molecule has 1 aromatic heterocycles. The zero-order valence-electron chi connectivity index (χ0n) is 52.3. The molecule has 0 aliphatic heterocycles. The van der Waals surface area contributed by atoms with Crippen LogP contribution in [0.25, 0.3) is 88.7 Å². The van der Waals surface area contributed by atoms with Gasteiger partial charge in [-0.2, -0.15) is 0 Å². The monoisotopic (exact) mass is 1160 g/mol. The molecule has 12 aromatic carbocycles. The second-order valence-corrected chi connectivity index (χ2v) is 25.5. The second-order valence-electron chi connectivity index (χ2n) is 25.5. The molecule has 0 atom stereocenters. The fraction of sp³-hybridized carbons (Fsp3) is 0.103. The number of hydrogen-bond donors (Lipinski definition) is 0. The number of nitrogens with zero attached hydrogens (tertiary/aromatic N) is 3. The second kappa shape index (κ2) is 22.1. The quantitative estimate of drug-likeness (QED) is 0.107. The standard InChI is InChI=1S/C87H71N3/c1-9-21-59(22-10-2)61-31-39-66(40-32-61)88(70-47-49-74-72-27-17-19-29-80(72)86(5,6)82(74)55-70)68-43-35-63(36-44-68)76-51-57(3)53-78-79-54-58(4)52-77(85(79)90(84(76)78)65-25-15-12-16-26-65)64-37-45-69(46-38-64)89(67-41-33-62(34-42-67)60-23-13-11-14-24-60)71-48-50-75-73-28-18-20-30-81(73)87(7,8)83(75)56-71/h9-56H,1H2,2-8H3/b22-10-,59-21+. The predicted octanol–water partition coefficient (Wildman–Crippen LogP) is 24.1.